The van der Waals surface area contributed by atoms with E-state index in [-0.39, 0.29) is 30.7 Å². The van der Waals surface area contributed by atoms with Gasteiger partial charge in [-0.1, -0.05) is 0 Å². The summed E-state index contributed by atoms with van der Waals surface area (Å²) in [6, 6.07) is 0. The van der Waals surface area contributed by atoms with Crippen LogP contribution in [0, 0.1) is 23.2 Å². The zero-order valence-electron chi connectivity index (χ0n) is 18.2. The van der Waals surface area contributed by atoms with E-state index in [0.717, 1.165) is 32.1 Å². The quantitative estimate of drug-likeness (QED) is 0.362. The second-order valence-electron chi connectivity index (χ2n) is 9.49. The third kappa shape index (κ3) is 6.13. The summed E-state index contributed by atoms with van der Waals surface area (Å²) in [5.41, 5.74) is 0.139. The first-order valence-electron chi connectivity index (χ1n) is 11.1. The molecule has 6 nitrogen and oxygen atoms in total. The minimum atomic E-state index is -3.07. The third-order valence-corrected chi connectivity index (χ3v) is 6.63. The molecule has 0 N–H and O–H groups in total. The molecule has 0 spiro atoms. The van der Waals surface area contributed by atoms with Gasteiger partial charge in [0.2, 0.25) is 0 Å². The Hall–Kier alpha value is -1.28. The molecule has 4 rings (SSSR count). The predicted octanol–water partition coefficient (Wildman–Crippen LogP) is 4.10. The molecule has 0 amide bonds. The maximum absolute atomic E-state index is 12.7. The summed E-state index contributed by atoms with van der Waals surface area (Å²) >= 11 is 0. The van der Waals surface area contributed by atoms with Gasteiger partial charge in [0.1, 0.15) is 6.10 Å². The number of esters is 2. The number of hydrogen-bond acceptors (Lipinski definition) is 6. The molecule has 0 radical (unpaired) electrons. The Morgan fingerprint density at radius 3 is 2.30 bits per heavy atom. The van der Waals surface area contributed by atoms with Gasteiger partial charge in [0.15, 0.2) is 12.9 Å². The van der Waals surface area contributed by atoms with Gasteiger partial charge in [0.25, 0.3) is 5.92 Å². The van der Waals surface area contributed by atoms with Gasteiger partial charge >= 0.3 is 11.9 Å². The highest BCUT2D eigenvalue weighted by Crippen LogP contribution is 2.60. The first-order chi connectivity index (χ1) is 14.1. The van der Waals surface area contributed by atoms with E-state index in [4.69, 9.17) is 14.2 Å². The first kappa shape index (κ1) is 23.4. The van der Waals surface area contributed by atoms with Crippen LogP contribution in [0.4, 0.5) is 8.78 Å². The molecule has 172 valence electrons. The summed E-state index contributed by atoms with van der Waals surface area (Å²) in [6.07, 6.45) is 4.50. The zero-order chi connectivity index (χ0) is 21.9. The summed E-state index contributed by atoms with van der Waals surface area (Å²) < 4.78 is 47.2. The number of rotatable bonds is 11. The van der Waals surface area contributed by atoms with Crippen LogP contribution in [0.1, 0.15) is 65.7 Å². The van der Waals surface area contributed by atoms with E-state index in [1.165, 1.54) is 0 Å². The van der Waals surface area contributed by atoms with Gasteiger partial charge in [0, 0.05) is 13.5 Å². The molecule has 4 aliphatic carbocycles. The average Bonchev–Trinajstić information content (AvgIpc) is 2.65. The Morgan fingerprint density at radius 1 is 1.07 bits per heavy atom. The molecule has 0 aliphatic heterocycles. The summed E-state index contributed by atoms with van der Waals surface area (Å²) in [5.74, 6) is -3.06. The van der Waals surface area contributed by atoms with E-state index >= 15 is 0 Å². The molecule has 4 saturated carbocycles. The second kappa shape index (κ2) is 9.47. The van der Waals surface area contributed by atoms with Crippen molar-refractivity contribution in [3.8, 4) is 0 Å². The highest BCUT2D eigenvalue weighted by Gasteiger charge is 2.56. The normalized spacial score (nSPS) is 33.4. The van der Waals surface area contributed by atoms with E-state index in [0.29, 0.717) is 37.9 Å². The molecule has 30 heavy (non-hydrogen) atoms. The SMILES string of the molecule is CCOC(C)OCC12CC3CC(C1)C(OC(=O)CCC(=O)OCC(C)(F)F)C(C3)C2. The Bertz CT molecular complexity index is 603. The topological polar surface area (TPSA) is 71.1 Å². The van der Waals surface area contributed by atoms with Crippen LogP contribution in [-0.2, 0) is 28.5 Å². The van der Waals surface area contributed by atoms with E-state index in [1.807, 2.05) is 13.8 Å². The molecular formula is C22H34F2O6. The van der Waals surface area contributed by atoms with Gasteiger partial charge in [-0.3, -0.25) is 9.59 Å². The van der Waals surface area contributed by atoms with Crippen LogP contribution < -0.4 is 0 Å². The minimum absolute atomic E-state index is 0.123. The fourth-order valence-corrected chi connectivity index (χ4v) is 5.79. The van der Waals surface area contributed by atoms with Crippen molar-refractivity contribution in [1.82, 2.24) is 0 Å². The number of halogens is 2. The Balaban J connectivity index is 1.46. The summed E-state index contributed by atoms with van der Waals surface area (Å²) in [5, 5.41) is 0. The fourth-order valence-electron chi connectivity index (χ4n) is 5.79. The summed E-state index contributed by atoms with van der Waals surface area (Å²) in [6.45, 7) is 4.86. The molecule has 0 aromatic carbocycles. The Labute approximate surface area is 176 Å². The standard InChI is InChI=1S/C22H34F2O6/c1-4-27-14(2)28-13-22-9-15-7-16(10-22)20(17(8-15)11-22)30-19(26)6-5-18(25)29-12-21(3,23)24/h14-17,20H,4-13H2,1-3H3. The van der Waals surface area contributed by atoms with Gasteiger partial charge in [-0.15, -0.1) is 0 Å². The number of hydrogen-bond donors (Lipinski definition) is 0. The molecule has 0 heterocycles. The van der Waals surface area contributed by atoms with Crippen molar-refractivity contribution < 1.29 is 37.3 Å². The molecule has 3 unspecified atom stereocenters. The highest BCUT2D eigenvalue weighted by atomic mass is 19.3. The lowest BCUT2D eigenvalue weighted by molar-refractivity contribution is -0.206. The van der Waals surface area contributed by atoms with Crippen molar-refractivity contribution in [1.29, 1.82) is 0 Å². The van der Waals surface area contributed by atoms with Crippen LogP contribution in [0.25, 0.3) is 0 Å². The Morgan fingerprint density at radius 2 is 1.70 bits per heavy atom. The average molecular weight is 433 g/mol. The number of carbonyl (C=O) groups excluding carboxylic acids is 2. The van der Waals surface area contributed by atoms with Crippen molar-refractivity contribution in [3.05, 3.63) is 0 Å². The van der Waals surface area contributed by atoms with Gasteiger partial charge < -0.3 is 18.9 Å². The first-order valence-corrected chi connectivity index (χ1v) is 11.1. The zero-order valence-corrected chi connectivity index (χ0v) is 18.2. The molecule has 4 aliphatic rings. The molecule has 4 fully saturated rings. The van der Waals surface area contributed by atoms with Gasteiger partial charge in [-0.05, 0) is 69.1 Å². The van der Waals surface area contributed by atoms with Crippen molar-refractivity contribution in [2.45, 2.75) is 84.0 Å². The predicted molar refractivity (Wildman–Crippen MR) is 104 cm³/mol. The van der Waals surface area contributed by atoms with Crippen LogP contribution in [0.2, 0.25) is 0 Å². The number of alkyl halides is 2. The van der Waals surface area contributed by atoms with Crippen LogP contribution in [0.15, 0.2) is 0 Å². The second-order valence-corrected chi connectivity index (χ2v) is 9.49. The van der Waals surface area contributed by atoms with E-state index in [9.17, 15) is 18.4 Å². The largest absolute Gasteiger partial charge is 0.462 e. The maximum atomic E-state index is 12.7. The lowest BCUT2D eigenvalue weighted by atomic mass is 9.49. The smallest absolute Gasteiger partial charge is 0.306 e. The van der Waals surface area contributed by atoms with Gasteiger partial charge in [0.05, 0.1) is 19.4 Å². The molecule has 0 saturated heterocycles. The van der Waals surface area contributed by atoms with Crippen molar-refractivity contribution in [3.63, 3.8) is 0 Å². The lowest BCUT2D eigenvalue weighted by Crippen LogP contribution is -2.56. The van der Waals surface area contributed by atoms with E-state index < -0.39 is 24.5 Å². The van der Waals surface area contributed by atoms with Crippen molar-refractivity contribution in [2.24, 2.45) is 23.2 Å². The van der Waals surface area contributed by atoms with E-state index in [2.05, 4.69) is 4.74 Å². The molecule has 0 aromatic rings. The molecular weight excluding hydrogens is 398 g/mol. The number of carbonyl (C=O) groups is 2. The molecule has 4 bridgehead atoms. The minimum Gasteiger partial charge on any atom is -0.462 e. The molecule has 3 atom stereocenters. The van der Waals surface area contributed by atoms with Crippen LogP contribution in [0.3, 0.4) is 0 Å². The lowest BCUT2D eigenvalue weighted by Gasteiger charge is -2.59. The maximum Gasteiger partial charge on any atom is 0.306 e. The third-order valence-electron chi connectivity index (χ3n) is 6.63. The monoisotopic (exact) mass is 432 g/mol. The fraction of sp³-hybridized carbons (Fsp3) is 0.909. The van der Waals surface area contributed by atoms with Crippen LogP contribution in [0.5, 0.6) is 0 Å². The highest BCUT2D eigenvalue weighted by molar-refractivity contribution is 5.77. The Kier molecular flexibility index (Phi) is 7.38. The number of ether oxygens (including phenoxy) is 4. The summed E-state index contributed by atoms with van der Waals surface area (Å²) in [4.78, 5) is 23.8. The van der Waals surface area contributed by atoms with Crippen LogP contribution >= 0.6 is 0 Å². The van der Waals surface area contributed by atoms with Crippen molar-refractivity contribution >= 4 is 11.9 Å². The van der Waals surface area contributed by atoms with Gasteiger partial charge in [-0.25, -0.2) is 8.78 Å². The van der Waals surface area contributed by atoms with Gasteiger partial charge in [-0.2, -0.15) is 0 Å². The van der Waals surface area contributed by atoms with E-state index in [1.54, 1.807) is 0 Å². The summed E-state index contributed by atoms with van der Waals surface area (Å²) in [7, 11) is 0. The molecule has 0 aromatic heterocycles. The van der Waals surface area contributed by atoms with Crippen LogP contribution in [-0.4, -0.2) is 50.1 Å². The van der Waals surface area contributed by atoms with Crippen molar-refractivity contribution in [2.75, 3.05) is 19.8 Å². The molecule has 8 heteroatoms.